The fraction of sp³-hybridized carbons (Fsp3) is 0.583. The Balaban J connectivity index is 2.57. The molecule has 0 aromatic carbocycles. The number of hydrogen-bond donors (Lipinski definition) is 1. The highest BCUT2D eigenvalue weighted by molar-refractivity contribution is 9.10. The van der Waals surface area contributed by atoms with Crippen molar-refractivity contribution in [1.29, 1.82) is 0 Å². The Morgan fingerprint density at radius 2 is 2.29 bits per heavy atom. The van der Waals surface area contributed by atoms with E-state index in [2.05, 4.69) is 21.2 Å². The molecule has 0 bridgehead atoms. The van der Waals surface area contributed by atoms with Crippen LogP contribution in [0.5, 0.6) is 0 Å². The molecule has 5 heteroatoms. The normalized spacial score (nSPS) is 12.5. The molecule has 0 aliphatic carbocycles. The number of nitrogens with zero attached hydrogens (tertiary/aromatic N) is 1. The Kier molecular flexibility index (Phi) is 5.71. The predicted octanol–water partition coefficient (Wildman–Crippen LogP) is 2.43. The van der Waals surface area contributed by atoms with Crippen LogP contribution in [-0.4, -0.2) is 29.7 Å². The molecule has 96 valence electrons. The lowest BCUT2D eigenvalue weighted by Gasteiger charge is -2.13. The topological polar surface area (TPSA) is 43.3 Å². The summed E-state index contributed by atoms with van der Waals surface area (Å²) in [7, 11) is 0. The number of hydrogen-bond acceptors (Lipinski definition) is 2. The average Bonchev–Trinajstić information content (AvgIpc) is 2.68. The highest BCUT2D eigenvalue weighted by Crippen LogP contribution is 2.14. The molecule has 0 aliphatic rings. The van der Waals surface area contributed by atoms with Crippen molar-refractivity contribution in [2.45, 2.75) is 33.4 Å². The Labute approximate surface area is 110 Å². The van der Waals surface area contributed by atoms with Crippen molar-refractivity contribution in [3.63, 3.8) is 0 Å². The van der Waals surface area contributed by atoms with E-state index in [1.54, 1.807) is 0 Å². The zero-order chi connectivity index (χ0) is 12.8. The van der Waals surface area contributed by atoms with E-state index in [4.69, 9.17) is 4.74 Å². The van der Waals surface area contributed by atoms with Gasteiger partial charge in [-0.2, -0.15) is 0 Å². The standard InChI is InChI=1S/C12H19BrN2O2/c1-4-15-8-10(13)6-11(15)12(16)14-7-9(3)17-5-2/h6,8-9H,4-5,7H2,1-3H3,(H,14,16). The van der Waals surface area contributed by atoms with Crippen molar-refractivity contribution in [2.75, 3.05) is 13.2 Å². The fourth-order valence-electron chi connectivity index (χ4n) is 1.60. The van der Waals surface area contributed by atoms with Crippen LogP contribution in [0, 0.1) is 0 Å². The number of carbonyl (C=O) groups is 1. The van der Waals surface area contributed by atoms with Crippen LogP contribution in [0.3, 0.4) is 0 Å². The van der Waals surface area contributed by atoms with Gasteiger partial charge in [0.25, 0.3) is 5.91 Å². The van der Waals surface area contributed by atoms with Gasteiger partial charge in [0.2, 0.25) is 0 Å². The first-order chi connectivity index (χ1) is 8.08. The van der Waals surface area contributed by atoms with Crippen LogP contribution < -0.4 is 5.32 Å². The summed E-state index contributed by atoms with van der Waals surface area (Å²) in [5, 5.41) is 2.87. The maximum atomic E-state index is 11.9. The minimum atomic E-state index is -0.0656. The van der Waals surface area contributed by atoms with Crippen molar-refractivity contribution in [1.82, 2.24) is 9.88 Å². The zero-order valence-electron chi connectivity index (χ0n) is 10.5. The van der Waals surface area contributed by atoms with Crippen molar-refractivity contribution in [3.05, 3.63) is 22.4 Å². The highest BCUT2D eigenvalue weighted by Gasteiger charge is 2.12. The molecule has 17 heavy (non-hydrogen) atoms. The Morgan fingerprint density at radius 1 is 1.59 bits per heavy atom. The molecule has 1 aromatic rings. The van der Waals surface area contributed by atoms with Gasteiger partial charge in [-0.1, -0.05) is 0 Å². The molecule has 0 saturated heterocycles. The van der Waals surface area contributed by atoms with Gasteiger partial charge in [0, 0.05) is 30.4 Å². The molecule has 1 rings (SSSR count). The van der Waals surface area contributed by atoms with E-state index in [1.165, 1.54) is 0 Å². The number of amides is 1. The van der Waals surface area contributed by atoms with E-state index in [9.17, 15) is 4.79 Å². The highest BCUT2D eigenvalue weighted by atomic mass is 79.9. The molecule has 1 aromatic heterocycles. The summed E-state index contributed by atoms with van der Waals surface area (Å²) in [4.78, 5) is 11.9. The first-order valence-corrected chi connectivity index (χ1v) is 6.63. The Hall–Kier alpha value is -0.810. The van der Waals surface area contributed by atoms with Crippen LogP contribution in [0.15, 0.2) is 16.7 Å². The third kappa shape index (κ3) is 4.16. The number of nitrogens with one attached hydrogen (secondary N) is 1. The lowest BCUT2D eigenvalue weighted by atomic mass is 10.3. The SMILES string of the molecule is CCOC(C)CNC(=O)c1cc(Br)cn1CC. The lowest BCUT2D eigenvalue weighted by Crippen LogP contribution is -2.33. The summed E-state index contributed by atoms with van der Waals surface area (Å²) in [6, 6.07) is 1.82. The van der Waals surface area contributed by atoms with Gasteiger partial charge in [-0.15, -0.1) is 0 Å². The molecule has 0 spiro atoms. The van der Waals surface area contributed by atoms with Crippen LogP contribution in [-0.2, 0) is 11.3 Å². The summed E-state index contributed by atoms with van der Waals surface area (Å²) in [6.07, 6.45) is 1.94. The predicted molar refractivity (Wildman–Crippen MR) is 71.2 cm³/mol. The van der Waals surface area contributed by atoms with E-state index < -0.39 is 0 Å². The monoisotopic (exact) mass is 302 g/mol. The Bertz CT molecular complexity index is 377. The van der Waals surface area contributed by atoms with E-state index in [1.807, 2.05) is 37.6 Å². The van der Waals surface area contributed by atoms with Gasteiger partial charge in [0.05, 0.1) is 6.10 Å². The molecule has 1 unspecified atom stereocenters. The minimum absolute atomic E-state index is 0.0393. The maximum Gasteiger partial charge on any atom is 0.268 e. The molecule has 1 atom stereocenters. The summed E-state index contributed by atoms with van der Waals surface area (Å²) in [6.45, 7) is 7.85. The van der Waals surface area contributed by atoms with Gasteiger partial charge < -0.3 is 14.6 Å². The van der Waals surface area contributed by atoms with Crippen molar-refractivity contribution < 1.29 is 9.53 Å². The second-order valence-electron chi connectivity index (χ2n) is 3.81. The van der Waals surface area contributed by atoms with Crippen LogP contribution in [0.4, 0.5) is 0 Å². The molecule has 1 heterocycles. The number of ether oxygens (including phenoxy) is 1. The molecule has 0 aliphatic heterocycles. The summed E-state index contributed by atoms with van der Waals surface area (Å²) < 4.78 is 8.19. The molecule has 4 nitrogen and oxygen atoms in total. The minimum Gasteiger partial charge on any atom is -0.377 e. The molecule has 1 N–H and O–H groups in total. The number of aryl methyl sites for hydroxylation is 1. The third-order valence-corrected chi connectivity index (χ3v) is 2.87. The quantitative estimate of drug-likeness (QED) is 0.877. The van der Waals surface area contributed by atoms with Crippen LogP contribution >= 0.6 is 15.9 Å². The first-order valence-electron chi connectivity index (χ1n) is 5.83. The zero-order valence-corrected chi connectivity index (χ0v) is 12.1. The van der Waals surface area contributed by atoms with E-state index in [0.29, 0.717) is 18.8 Å². The Morgan fingerprint density at radius 3 is 2.88 bits per heavy atom. The first kappa shape index (κ1) is 14.3. The average molecular weight is 303 g/mol. The number of rotatable bonds is 6. The summed E-state index contributed by atoms with van der Waals surface area (Å²) in [5.74, 6) is -0.0656. The molecular weight excluding hydrogens is 284 g/mol. The van der Waals surface area contributed by atoms with Gasteiger partial charge in [-0.05, 0) is 42.8 Å². The van der Waals surface area contributed by atoms with Crippen LogP contribution in [0.25, 0.3) is 0 Å². The van der Waals surface area contributed by atoms with Crippen LogP contribution in [0.1, 0.15) is 31.3 Å². The number of carbonyl (C=O) groups excluding carboxylic acids is 1. The largest absolute Gasteiger partial charge is 0.377 e. The van der Waals surface area contributed by atoms with E-state index >= 15 is 0 Å². The number of aromatic nitrogens is 1. The molecular formula is C12H19BrN2O2. The number of halogens is 1. The van der Waals surface area contributed by atoms with Gasteiger partial charge in [-0.3, -0.25) is 4.79 Å². The molecule has 1 amide bonds. The van der Waals surface area contributed by atoms with Crippen molar-refractivity contribution in [3.8, 4) is 0 Å². The van der Waals surface area contributed by atoms with Gasteiger partial charge in [0.1, 0.15) is 5.69 Å². The van der Waals surface area contributed by atoms with Crippen LogP contribution in [0.2, 0.25) is 0 Å². The van der Waals surface area contributed by atoms with E-state index in [0.717, 1.165) is 11.0 Å². The smallest absolute Gasteiger partial charge is 0.268 e. The van der Waals surface area contributed by atoms with Gasteiger partial charge in [0.15, 0.2) is 0 Å². The van der Waals surface area contributed by atoms with Gasteiger partial charge >= 0.3 is 0 Å². The second-order valence-corrected chi connectivity index (χ2v) is 4.72. The fourth-order valence-corrected chi connectivity index (χ4v) is 2.06. The maximum absolute atomic E-state index is 11.9. The molecule has 0 saturated carbocycles. The summed E-state index contributed by atoms with van der Waals surface area (Å²) >= 11 is 3.37. The van der Waals surface area contributed by atoms with E-state index in [-0.39, 0.29) is 12.0 Å². The third-order valence-electron chi connectivity index (χ3n) is 2.44. The summed E-state index contributed by atoms with van der Waals surface area (Å²) in [5.41, 5.74) is 0.670. The molecule has 0 fully saturated rings. The van der Waals surface area contributed by atoms with Crippen molar-refractivity contribution >= 4 is 21.8 Å². The molecule has 0 radical (unpaired) electrons. The lowest BCUT2D eigenvalue weighted by molar-refractivity contribution is 0.0691. The second kappa shape index (κ2) is 6.81. The van der Waals surface area contributed by atoms with Gasteiger partial charge in [-0.25, -0.2) is 0 Å². The van der Waals surface area contributed by atoms with Crippen molar-refractivity contribution in [2.24, 2.45) is 0 Å².